The molecular formula is C19H29N3O3. The summed E-state index contributed by atoms with van der Waals surface area (Å²) in [4.78, 5) is 36.0. The molecule has 0 aliphatic carbocycles. The molecule has 0 saturated heterocycles. The smallest absolute Gasteiger partial charge is 0.251 e. The maximum absolute atomic E-state index is 12.4. The molecule has 1 aromatic rings. The van der Waals surface area contributed by atoms with Gasteiger partial charge >= 0.3 is 0 Å². The van der Waals surface area contributed by atoms with Gasteiger partial charge in [0.25, 0.3) is 5.91 Å². The fraction of sp³-hybridized carbons (Fsp3) is 0.526. The second-order valence-corrected chi connectivity index (χ2v) is 7.41. The van der Waals surface area contributed by atoms with Gasteiger partial charge in [-0.15, -0.1) is 0 Å². The van der Waals surface area contributed by atoms with E-state index in [1.54, 1.807) is 12.1 Å². The molecule has 0 spiro atoms. The topological polar surface area (TPSA) is 87.3 Å². The van der Waals surface area contributed by atoms with Crippen molar-refractivity contribution in [1.29, 1.82) is 0 Å². The molecular weight excluding hydrogens is 318 g/mol. The molecule has 0 saturated carbocycles. The van der Waals surface area contributed by atoms with Crippen LogP contribution < -0.4 is 16.0 Å². The molecule has 0 bridgehead atoms. The molecule has 6 heteroatoms. The minimum atomic E-state index is -0.709. The lowest BCUT2D eigenvalue weighted by Crippen LogP contribution is -2.51. The number of likely N-dealkylation sites (N-methyl/N-ethyl adjacent to an activating group) is 1. The summed E-state index contributed by atoms with van der Waals surface area (Å²) in [6.07, 6.45) is 0. The molecule has 3 amide bonds. The first-order chi connectivity index (χ1) is 11.6. The summed E-state index contributed by atoms with van der Waals surface area (Å²) in [6.45, 7) is 9.88. The molecule has 0 radical (unpaired) electrons. The Labute approximate surface area is 149 Å². The summed E-state index contributed by atoms with van der Waals surface area (Å²) in [5.74, 6) is -1.09. The third-order valence-corrected chi connectivity index (χ3v) is 3.95. The van der Waals surface area contributed by atoms with E-state index in [-0.39, 0.29) is 35.6 Å². The van der Waals surface area contributed by atoms with Crippen molar-refractivity contribution in [3.05, 3.63) is 35.4 Å². The third kappa shape index (κ3) is 6.21. The Balaban J connectivity index is 2.79. The average molecular weight is 347 g/mol. The maximum atomic E-state index is 12.4. The van der Waals surface area contributed by atoms with Crippen molar-refractivity contribution in [2.24, 2.45) is 5.92 Å². The first-order valence-corrected chi connectivity index (χ1v) is 8.46. The van der Waals surface area contributed by atoms with E-state index in [2.05, 4.69) is 36.7 Å². The Morgan fingerprint density at radius 3 is 2.04 bits per heavy atom. The van der Waals surface area contributed by atoms with Crippen molar-refractivity contribution in [2.45, 2.75) is 46.1 Å². The van der Waals surface area contributed by atoms with E-state index in [0.717, 1.165) is 5.56 Å². The van der Waals surface area contributed by atoms with Gasteiger partial charge in [0, 0.05) is 12.6 Å². The molecule has 0 heterocycles. The highest BCUT2D eigenvalue weighted by molar-refractivity contribution is 5.98. The molecule has 1 atom stereocenters. The zero-order valence-electron chi connectivity index (χ0n) is 15.9. The molecule has 0 fully saturated rings. The van der Waals surface area contributed by atoms with Gasteiger partial charge in [-0.3, -0.25) is 14.4 Å². The Kier molecular flexibility index (Phi) is 7.15. The second-order valence-electron chi connectivity index (χ2n) is 7.41. The lowest BCUT2D eigenvalue weighted by Gasteiger charge is -2.22. The largest absolute Gasteiger partial charge is 0.358 e. The Hall–Kier alpha value is -2.37. The van der Waals surface area contributed by atoms with Crippen LogP contribution in [0.15, 0.2) is 24.3 Å². The number of hydrogen-bond acceptors (Lipinski definition) is 3. The van der Waals surface area contributed by atoms with Crippen molar-refractivity contribution in [3.8, 4) is 0 Å². The predicted octanol–water partition coefficient (Wildman–Crippen LogP) is 1.60. The number of hydrogen-bond donors (Lipinski definition) is 3. The number of carbonyl (C=O) groups excluding carboxylic acids is 3. The van der Waals surface area contributed by atoms with Crippen molar-refractivity contribution in [2.75, 3.05) is 13.6 Å². The van der Waals surface area contributed by atoms with Crippen LogP contribution in [0.2, 0.25) is 0 Å². The van der Waals surface area contributed by atoms with Crippen LogP contribution in [0.1, 0.15) is 50.5 Å². The van der Waals surface area contributed by atoms with E-state index in [1.807, 2.05) is 26.0 Å². The standard InChI is InChI=1S/C19H29N3O3/c1-12(2)16(18(25)21-11-15(23)20-6)22-17(24)13-7-9-14(10-8-13)19(3,4)5/h7-10,12,16H,11H2,1-6H3,(H,20,23)(H,21,25)(H,22,24). The summed E-state index contributed by atoms with van der Waals surface area (Å²) in [5, 5.41) is 7.72. The molecule has 3 N–H and O–H groups in total. The fourth-order valence-electron chi connectivity index (χ4n) is 2.25. The third-order valence-electron chi connectivity index (χ3n) is 3.95. The van der Waals surface area contributed by atoms with Crippen molar-refractivity contribution < 1.29 is 14.4 Å². The highest BCUT2D eigenvalue weighted by atomic mass is 16.2. The SMILES string of the molecule is CNC(=O)CNC(=O)C(NC(=O)c1ccc(C(C)(C)C)cc1)C(C)C. The van der Waals surface area contributed by atoms with Crippen LogP contribution in [0.25, 0.3) is 0 Å². The van der Waals surface area contributed by atoms with E-state index >= 15 is 0 Å². The van der Waals surface area contributed by atoms with Gasteiger partial charge in [-0.2, -0.15) is 0 Å². The van der Waals surface area contributed by atoms with E-state index in [9.17, 15) is 14.4 Å². The molecule has 1 unspecified atom stereocenters. The van der Waals surface area contributed by atoms with Gasteiger partial charge in [-0.1, -0.05) is 46.8 Å². The Morgan fingerprint density at radius 1 is 1.04 bits per heavy atom. The molecule has 1 rings (SSSR count). The maximum Gasteiger partial charge on any atom is 0.251 e. The first-order valence-electron chi connectivity index (χ1n) is 8.46. The number of nitrogens with one attached hydrogen (secondary N) is 3. The van der Waals surface area contributed by atoms with Crippen LogP contribution in [0, 0.1) is 5.92 Å². The van der Waals surface area contributed by atoms with E-state index < -0.39 is 6.04 Å². The lowest BCUT2D eigenvalue weighted by molar-refractivity contribution is -0.127. The molecule has 1 aromatic carbocycles. The summed E-state index contributed by atoms with van der Waals surface area (Å²) in [7, 11) is 1.50. The highest BCUT2D eigenvalue weighted by Gasteiger charge is 2.25. The van der Waals surface area contributed by atoms with E-state index in [0.29, 0.717) is 5.56 Å². The zero-order chi connectivity index (χ0) is 19.2. The van der Waals surface area contributed by atoms with Gasteiger partial charge in [-0.25, -0.2) is 0 Å². The molecule has 25 heavy (non-hydrogen) atoms. The normalized spacial score (nSPS) is 12.4. The summed E-state index contributed by atoms with van der Waals surface area (Å²) >= 11 is 0. The minimum absolute atomic E-state index is 0.00914. The van der Waals surface area contributed by atoms with Crippen LogP contribution >= 0.6 is 0 Å². The zero-order valence-corrected chi connectivity index (χ0v) is 15.9. The van der Waals surface area contributed by atoms with Gasteiger partial charge < -0.3 is 16.0 Å². The number of carbonyl (C=O) groups is 3. The molecule has 138 valence electrons. The van der Waals surface area contributed by atoms with Crippen LogP contribution in [0.5, 0.6) is 0 Å². The fourth-order valence-corrected chi connectivity index (χ4v) is 2.25. The van der Waals surface area contributed by atoms with Gasteiger partial charge in [0.2, 0.25) is 11.8 Å². The minimum Gasteiger partial charge on any atom is -0.358 e. The van der Waals surface area contributed by atoms with E-state index in [4.69, 9.17) is 0 Å². The predicted molar refractivity (Wildman–Crippen MR) is 98.3 cm³/mol. The second kappa shape index (κ2) is 8.65. The average Bonchev–Trinajstić information content (AvgIpc) is 2.55. The molecule has 0 aromatic heterocycles. The van der Waals surface area contributed by atoms with E-state index in [1.165, 1.54) is 7.05 Å². The number of benzene rings is 1. The van der Waals surface area contributed by atoms with Crippen molar-refractivity contribution in [3.63, 3.8) is 0 Å². The van der Waals surface area contributed by atoms with Crippen LogP contribution in [-0.2, 0) is 15.0 Å². The molecule has 0 aliphatic rings. The first kappa shape index (κ1) is 20.7. The van der Waals surface area contributed by atoms with Crippen molar-refractivity contribution in [1.82, 2.24) is 16.0 Å². The molecule has 0 aliphatic heterocycles. The summed E-state index contributed by atoms with van der Waals surface area (Å²) in [5.41, 5.74) is 1.64. The van der Waals surface area contributed by atoms with Gasteiger partial charge in [0.05, 0.1) is 6.54 Å². The summed E-state index contributed by atoms with van der Waals surface area (Å²) < 4.78 is 0. The quantitative estimate of drug-likeness (QED) is 0.730. The number of rotatable bonds is 6. The van der Waals surface area contributed by atoms with Crippen molar-refractivity contribution >= 4 is 17.7 Å². The summed E-state index contributed by atoms with van der Waals surface area (Å²) in [6, 6.07) is 6.65. The van der Waals surface area contributed by atoms with Crippen LogP contribution in [0.3, 0.4) is 0 Å². The van der Waals surface area contributed by atoms with Crippen LogP contribution in [0.4, 0.5) is 0 Å². The van der Waals surface area contributed by atoms with Gasteiger partial charge in [-0.05, 0) is 29.0 Å². The Bertz CT molecular complexity index is 616. The monoisotopic (exact) mass is 347 g/mol. The molecule has 6 nitrogen and oxygen atoms in total. The van der Waals surface area contributed by atoms with Gasteiger partial charge in [0.1, 0.15) is 6.04 Å². The van der Waals surface area contributed by atoms with Gasteiger partial charge in [0.15, 0.2) is 0 Å². The van der Waals surface area contributed by atoms with Crippen LogP contribution in [-0.4, -0.2) is 37.4 Å². The highest BCUT2D eigenvalue weighted by Crippen LogP contribution is 2.22. The Morgan fingerprint density at radius 2 is 1.60 bits per heavy atom. The lowest BCUT2D eigenvalue weighted by atomic mass is 9.86. The number of amides is 3.